The molecular formula is C4H6B2F2O4. The predicted octanol–water partition coefficient (Wildman–Crippen LogP) is -0.274. The van der Waals surface area contributed by atoms with E-state index in [0.29, 0.717) is 13.2 Å². The van der Waals surface area contributed by atoms with Gasteiger partial charge >= 0.3 is 14.0 Å². The van der Waals surface area contributed by atoms with Crippen LogP contribution < -0.4 is 0 Å². The molecule has 0 N–H and O–H groups in total. The average molecular weight is 178 g/mol. The molecule has 0 spiro atoms. The van der Waals surface area contributed by atoms with Crippen molar-refractivity contribution in [2.45, 2.75) is 12.7 Å². The van der Waals surface area contributed by atoms with Crippen molar-refractivity contribution in [1.82, 2.24) is 0 Å². The zero-order chi connectivity index (χ0) is 8.55. The number of hydrogen-bond donors (Lipinski definition) is 0. The maximum absolute atomic E-state index is 12.4. The van der Waals surface area contributed by atoms with Crippen LogP contribution in [0.25, 0.3) is 0 Å². The van der Waals surface area contributed by atoms with E-state index in [4.69, 9.17) is 9.31 Å². The van der Waals surface area contributed by atoms with Gasteiger partial charge in [0.25, 0.3) is 0 Å². The smallest absolute Gasteiger partial charge is 0.411 e. The minimum atomic E-state index is -2.04. The van der Waals surface area contributed by atoms with Crippen LogP contribution in [-0.4, -0.2) is 39.9 Å². The molecule has 8 heteroatoms. The van der Waals surface area contributed by atoms with Crippen molar-refractivity contribution in [3.05, 3.63) is 0 Å². The molecule has 0 aromatic carbocycles. The second-order valence-corrected chi connectivity index (χ2v) is 2.45. The second kappa shape index (κ2) is 3.29. The van der Waals surface area contributed by atoms with Gasteiger partial charge in [0.2, 0.25) is 12.7 Å². The first-order valence-corrected chi connectivity index (χ1v) is 3.59. The third-order valence-corrected chi connectivity index (χ3v) is 1.60. The number of rotatable bonds is 1. The van der Waals surface area contributed by atoms with Crippen LogP contribution >= 0.6 is 0 Å². The first-order valence-electron chi connectivity index (χ1n) is 3.59. The molecule has 2 rings (SSSR count). The van der Waals surface area contributed by atoms with Gasteiger partial charge < -0.3 is 18.6 Å². The molecule has 2 unspecified atom stereocenters. The van der Waals surface area contributed by atoms with Crippen LogP contribution in [-0.2, 0) is 18.6 Å². The maximum atomic E-state index is 12.4. The third-order valence-electron chi connectivity index (χ3n) is 1.60. The Morgan fingerprint density at radius 3 is 1.92 bits per heavy atom. The maximum Gasteiger partial charge on any atom is 0.492 e. The average Bonchev–Trinajstić information content (AvgIpc) is 2.61. The highest BCUT2D eigenvalue weighted by molar-refractivity contribution is 7.11. The number of alkyl halides is 2. The fourth-order valence-electron chi connectivity index (χ4n) is 1.07. The Morgan fingerprint density at radius 1 is 0.917 bits per heavy atom. The van der Waals surface area contributed by atoms with E-state index in [1.807, 2.05) is 0 Å². The van der Waals surface area contributed by atoms with Gasteiger partial charge in [-0.1, -0.05) is 0 Å². The molecule has 0 radical (unpaired) electrons. The Morgan fingerprint density at radius 2 is 1.42 bits per heavy atom. The summed E-state index contributed by atoms with van der Waals surface area (Å²) in [6.45, 7) is 0.781. The van der Waals surface area contributed by atoms with Crippen molar-refractivity contribution < 1.29 is 27.4 Å². The zero-order valence-corrected chi connectivity index (χ0v) is 6.11. The fourth-order valence-corrected chi connectivity index (χ4v) is 1.07. The summed E-state index contributed by atoms with van der Waals surface area (Å²) in [5.41, 5.74) is 0. The van der Waals surface area contributed by atoms with E-state index < -0.39 is 26.7 Å². The molecule has 12 heavy (non-hydrogen) atoms. The minimum absolute atomic E-state index is 0.391. The van der Waals surface area contributed by atoms with Crippen molar-refractivity contribution in [2.24, 2.45) is 0 Å². The van der Waals surface area contributed by atoms with Crippen molar-refractivity contribution in [1.29, 1.82) is 0 Å². The Kier molecular flexibility index (Phi) is 2.31. The van der Waals surface area contributed by atoms with Gasteiger partial charge in [-0.15, -0.1) is 0 Å². The molecule has 4 nitrogen and oxygen atoms in total. The van der Waals surface area contributed by atoms with Crippen LogP contribution in [0.3, 0.4) is 0 Å². The summed E-state index contributed by atoms with van der Waals surface area (Å²) in [5.74, 6) is 0. The predicted molar refractivity (Wildman–Crippen MR) is 35.4 cm³/mol. The lowest BCUT2D eigenvalue weighted by molar-refractivity contribution is -0.0349. The molecule has 2 aliphatic heterocycles. The van der Waals surface area contributed by atoms with Gasteiger partial charge in [-0.2, -0.15) is 0 Å². The van der Waals surface area contributed by atoms with Gasteiger partial charge in [-0.25, -0.2) is 8.78 Å². The Balaban J connectivity index is 1.89. The molecule has 0 bridgehead atoms. The molecule has 66 valence electrons. The lowest BCUT2D eigenvalue weighted by atomic mass is 9.49. The zero-order valence-electron chi connectivity index (χ0n) is 6.11. The van der Waals surface area contributed by atoms with Crippen LogP contribution in [0.1, 0.15) is 0 Å². The molecule has 0 aliphatic carbocycles. The van der Waals surface area contributed by atoms with Crippen LogP contribution in [0.2, 0.25) is 0 Å². The topological polar surface area (TPSA) is 36.9 Å². The standard InChI is InChI=1S/C4H6B2F2O4/c7-3-4(8)12-6(11-3)5-9-1-2-10-5/h3-4H,1-2H2. The van der Waals surface area contributed by atoms with Gasteiger partial charge in [0, 0.05) is 0 Å². The highest BCUT2D eigenvalue weighted by Gasteiger charge is 2.51. The molecule has 0 amide bonds. The molecule has 0 aromatic rings. The summed E-state index contributed by atoms with van der Waals surface area (Å²) < 4.78 is 43.5. The van der Waals surface area contributed by atoms with E-state index in [-0.39, 0.29) is 0 Å². The quantitative estimate of drug-likeness (QED) is 0.517. The highest BCUT2D eigenvalue weighted by Crippen LogP contribution is 2.21. The van der Waals surface area contributed by atoms with Crippen LogP contribution in [0.15, 0.2) is 0 Å². The van der Waals surface area contributed by atoms with E-state index in [1.54, 1.807) is 0 Å². The Labute approximate surface area is 68.4 Å². The molecule has 2 atom stereocenters. The van der Waals surface area contributed by atoms with Crippen LogP contribution in [0.5, 0.6) is 0 Å². The van der Waals surface area contributed by atoms with Gasteiger partial charge in [-0.05, 0) is 0 Å². The molecule has 2 heterocycles. The first-order chi connectivity index (χ1) is 5.77. The molecule has 2 saturated heterocycles. The van der Waals surface area contributed by atoms with Crippen LogP contribution in [0.4, 0.5) is 8.78 Å². The Hall–Kier alpha value is -0.170. The minimum Gasteiger partial charge on any atom is -0.411 e. The van der Waals surface area contributed by atoms with Crippen molar-refractivity contribution in [3.8, 4) is 0 Å². The summed E-state index contributed by atoms with van der Waals surface area (Å²) in [6.07, 6.45) is -4.08. The van der Waals surface area contributed by atoms with E-state index in [0.717, 1.165) is 0 Å². The number of halogens is 2. The summed E-state index contributed by atoms with van der Waals surface area (Å²) in [5, 5.41) is 0. The monoisotopic (exact) mass is 178 g/mol. The SMILES string of the molecule is FC1OB(B2OCCO2)OC1F. The summed E-state index contributed by atoms with van der Waals surface area (Å²) in [6, 6.07) is 0. The van der Waals surface area contributed by atoms with E-state index >= 15 is 0 Å². The van der Waals surface area contributed by atoms with Gasteiger partial charge in [0.15, 0.2) is 0 Å². The second-order valence-electron chi connectivity index (χ2n) is 2.45. The van der Waals surface area contributed by atoms with Gasteiger partial charge in [0.05, 0.1) is 13.2 Å². The first kappa shape index (κ1) is 8.43. The van der Waals surface area contributed by atoms with E-state index in [9.17, 15) is 8.78 Å². The van der Waals surface area contributed by atoms with E-state index in [2.05, 4.69) is 9.31 Å². The Bertz CT molecular complexity index is 157. The number of hydrogen-bond acceptors (Lipinski definition) is 4. The lowest BCUT2D eigenvalue weighted by Gasteiger charge is -2.04. The fraction of sp³-hybridized carbons (Fsp3) is 1.00. The van der Waals surface area contributed by atoms with Gasteiger partial charge in [-0.3, -0.25) is 0 Å². The summed E-state index contributed by atoms with van der Waals surface area (Å²) in [7, 11) is -1.89. The summed E-state index contributed by atoms with van der Waals surface area (Å²) in [4.78, 5) is 0. The van der Waals surface area contributed by atoms with Crippen molar-refractivity contribution in [2.75, 3.05) is 13.2 Å². The molecule has 0 saturated carbocycles. The third kappa shape index (κ3) is 1.47. The van der Waals surface area contributed by atoms with Crippen molar-refractivity contribution in [3.63, 3.8) is 0 Å². The molecule has 2 aliphatic rings. The van der Waals surface area contributed by atoms with Crippen molar-refractivity contribution >= 4 is 14.0 Å². The largest absolute Gasteiger partial charge is 0.492 e. The lowest BCUT2D eigenvalue weighted by Crippen LogP contribution is -2.39. The van der Waals surface area contributed by atoms with E-state index in [1.165, 1.54) is 0 Å². The molecular weight excluding hydrogens is 172 g/mol. The summed E-state index contributed by atoms with van der Waals surface area (Å²) >= 11 is 0. The molecule has 0 aromatic heterocycles. The normalized spacial score (nSPS) is 36.5. The van der Waals surface area contributed by atoms with Crippen LogP contribution in [0, 0.1) is 0 Å². The van der Waals surface area contributed by atoms with Gasteiger partial charge in [0.1, 0.15) is 0 Å². The molecule has 2 fully saturated rings. The highest BCUT2D eigenvalue weighted by atomic mass is 19.2.